The number of aliphatic hydroxyl groups is 1. The van der Waals surface area contributed by atoms with Gasteiger partial charge in [-0.1, -0.05) is 18.2 Å². The van der Waals surface area contributed by atoms with Gasteiger partial charge in [0.15, 0.2) is 0 Å². The van der Waals surface area contributed by atoms with Gasteiger partial charge in [-0.15, -0.1) is 0 Å². The zero-order valence-electron chi connectivity index (χ0n) is 9.11. The maximum atomic E-state index is 11.7. The van der Waals surface area contributed by atoms with Crippen LogP contribution in [0.2, 0.25) is 5.02 Å². The number of aliphatic hydroxyl groups excluding tert-OH is 1. The highest BCUT2D eigenvalue weighted by Crippen LogP contribution is 2.19. The number of benzene rings is 1. The Kier molecular flexibility index (Phi) is 4.38. The molecule has 0 bridgehead atoms. The molecule has 3 nitrogen and oxygen atoms in total. The van der Waals surface area contributed by atoms with Crippen molar-refractivity contribution in [3.63, 3.8) is 0 Å². The molecule has 0 saturated heterocycles. The number of hydrogen-bond donors (Lipinski definition) is 1. The van der Waals surface area contributed by atoms with Crippen LogP contribution in [0.3, 0.4) is 0 Å². The minimum atomic E-state index is -0.183. The Bertz CT molecular complexity index is 387. The first-order valence-corrected chi connectivity index (χ1v) is 5.35. The summed E-state index contributed by atoms with van der Waals surface area (Å²) in [4.78, 5) is 13.3. The topological polar surface area (TPSA) is 40.5 Å². The van der Waals surface area contributed by atoms with E-state index in [1.54, 1.807) is 29.2 Å². The number of carbonyl (C=O) groups is 1. The number of rotatable bonds is 4. The van der Waals surface area contributed by atoms with Crippen molar-refractivity contribution in [1.82, 2.24) is 0 Å². The summed E-state index contributed by atoms with van der Waals surface area (Å²) in [6.07, 6.45) is -0.0591. The Morgan fingerprint density at radius 3 is 2.44 bits per heavy atom. The van der Waals surface area contributed by atoms with Crippen molar-refractivity contribution in [3.05, 3.63) is 41.6 Å². The molecule has 16 heavy (non-hydrogen) atoms. The lowest BCUT2D eigenvalue weighted by Crippen LogP contribution is -2.30. The van der Waals surface area contributed by atoms with Gasteiger partial charge in [0.25, 0.3) is 0 Å². The molecule has 0 radical (unpaired) electrons. The second kappa shape index (κ2) is 5.56. The molecule has 1 N–H and O–H groups in total. The van der Waals surface area contributed by atoms with Gasteiger partial charge in [-0.2, -0.15) is 0 Å². The number of amides is 1. The predicted molar refractivity (Wildman–Crippen MR) is 65.9 cm³/mol. The number of hydrogen-bond acceptors (Lipinski definition) is 2. The van der Waals surface area contributed by atoms with Gasteiger partial charge >= 0.3 is 0 Å². The molecule has 86 valence electrons. The third-order valence-corrected chi connectivity index (χ3v) is 2.36. The average Bonchev–Trinajstić information content (AvgIpc) is 2.21. The maximum Gasteiger partial charge on any atom is 0.234 e. The Balaban J connectivity index is 2.85. The summed E-state index contributed by atoms with van der Waals surface area (Å²) in [5.41, 5.74) is 0.762. The van der Waals surface area contributed by atoms with Crippen LogP contribution in [0, 0.1) is 0 Å². The van der Waals surface area contributed by atoms with Crippen LogP contribution in [0.4, 0.5) is 5.69 Å². The number of carbonyl (C=O) groups excluding carboxylic acids is 1. The first-order valence-electron chi connectivity index (χ1n) is 4.97. The fourth-order valence-electron chi connectivity index (χ4n) is 1.39. The molecule has 0 heterocycles. The fraction of sp³-hybridized carbons (Fsp3) is 0.250. The van der Waals surface area contributed by atoms with E-state index in [0.29, 0.717) is 11.6 Å². The minimum Gasteiger partial charge on any atom is -0.512 e. The van der Waals surface area contributed by atoms with Crippen LogP contribution in [0.25, 0.3) is 0 Å². The third-order valence-electron chi connectivity index (χ3n) is 2.11. The zero-order chi connectivity index (χ0) is 12.1. The first kappa shape index (κ1) is 12.6. The van der Waals surface area contributed by atoms with Crippen molar-refractivity contribution in [2.24, 2.45) is 0 Å². The molecule has 0 unspecified atom stereocenters. The van der Waals surface area contributed by atoms with Gasteiger partial charge in [0.1, 0.15) is 0 Å². The summed E-state index contributed by atoms with van der Waals surface area (Å²) >= 11 is 5.77. The molecule has 4 heteroatoms. The van der Waals surface area contributed by atoms with Crippen molar-refractivity contribution in [3.8, 4) is 0 Å². The highest BCUT2D eigenvalue weighted by atomic mass is 35.5. The molecule has 1 amide bonds. The summed E-state index contributed by atoms with van der Waals surface area (Å²) in [5.74, 6) is -0.310. The molecule has 0 aliphatic carbocycles. The molecule has 0 saturated carbocycles. The van der Waals surface area contributed by atoms with Gasteiger partial charge < -0.3 is 10.0 Å². The lowest BCUT2D eigenvalue weighted by atomic mass is 10.2. The van der Waals surface area contributed by atoms with E-state index in [2.05, 4.69) is 6.58 Å². The van der Waals surface area contributed by atoms with Crippen LogP contribution < -0.4 is 4.90 Å². The second-order valence-corrected chi connectivity index (χ2v) is 3.79. The largest absolute Gasteiger partial charge is 0.512 e. The van der Waals surface area contributed by atoms with E-state index >= 15 is 0 Å². The molecule has 0 aromatic heterocycles. The van der Waals surface area contributed by atoms with Crippen molar-refractivity contribution in [2.45, 2.75) is 13.3 Å². The van der Waals surface area contributed by atoms with Crippen LogP contribution in [0.1, 0.15) is 13.3 Å². The maximum absolute atomic E-state index is 11.7. The highest BCUT2D eigenvalue weighted by molar-refractivity contribution is 6.30. The zero-order valence-corrected chi connectivity index (χ0v) is 9.87. The molecule has 1 aromatic carbocycles. The van der Waals surface area contributed by atoms with Gasteiger partial charge in [0.2, 0.25) is 5.91 Å². The number of nitrogens with zero attached hydrogens (tertiary/aromatic N) is 1. The quantitative estimate of drug-likeness (QED) is 0.820. The standard InChI is InChI=1S/C12H14ClNO2/c1-3-14(12(16)8-9(2)15)11-6-4-10(13)5-7-11/h4-7,15H,2-3,8H2,1H3. The summed E-state index contributed by atoms with van der Waals surface area (Å²) in [7, 11) is 0. The van der Waals surface area contributed by atoms with Crippen LogP contribution in [-0.4, -0.2) is 17.6 Å². The van der Waals surface area contributed by atoms with Crippen molar-refractivity contribution in [2.75, 3.05) is 11.4 Å². The molecule has 0 aliphatic heterocycles. The van der Waals surface area contributed by atoms with Gasteiger partial charge in [0, 0.05) is 17.3 Å². The monoisotopic (exact) mass is 239 g/mol. The highest BCUT2D eigenvalue weighted by Gasteiger charge is 2.14. The molecular formula is C12H14ClNO2. The minimum absolute atomic E-state index is 0.0591. The van der Waals surface area contributed by atoms with Gasteiger partial charge in [-0.25, -0.2) is 0 Å². The molecule has 0 spiro atoms. The molecule has 0 atom stereocenters. The van der Waals surface area contributed by atoms with E-state index < -0.39 is 0 Å². The number of anilines is 1. The second-order valence-electron chi connectivity index (χ2n) is 3.36. The molecule has 0 fully saturated rings. The van der Waals surface area contributed by atoms with Crippen LogP contribution in [0.15, 0.2) is 36.6 Å². The summed E-state index contributed by atoms with van der Waals surface area (Å²) in [6, 6.07) is 6.98. The average molecular weight is 240 g/mol. The summed E-state index contributed by atoms with van der Waals surface area (Å²) in [5, 5.41) is 9.62. The lowest BCUT2D eigenvalue weighted by molar-refractivity contribution is -0.118. The summed E-state index contributed by atoms with van der Waals surface area (Å²) < 4.78 is 0. The van der Waals surface area contributed by atoms with Crippen LogP contribution in [-0.2, 0) is 4.79 Å². The molecule has 1 aromatic rings. The fourth-order valence-corrected chi connectivity index (χ4v) is 1.52. The Hall–Kier alpha value is -1.48. The van der Waals surface area contributed by atoms with E-state index in [4.69, 9.17) is 16.7 Å². The Labute approximate surface area is 100.0 Å². The van der Waals surface area contributed by atoms with Crippen molar-refractivity contribution >= 4 is 23.2 Å². The van der Waals surface area contributed by atoms with E-state index in [1.807, 2.05) is 6.92 Å². The van der Waals surface area contributed by atoms with Gasteiger partial charge in [0.05, 0.1) is 12.2 Å². The molecule has 0 aliphatic rings. The van der Waals surface area contributed by atoms with E-state index in [9.17, 15) is 4.79 Å². The number of halogens is 1. The smallest absolute Gasteiger partial charge is 0.234 e. The van der Waals surface area contributed by atoms with E-state index in [1.165, 1.54) is 0 Å². The third kappa shape index (κ3) is 3.28. The Morgan fingerprint density at radius 2 is 2.00 bits per heavy atom. The molecule has 1 rings (SSSR count). The first-order chi connectivity index (χ1) is 7.54. The van der Waals surface area contributed by atoms with E-state index in [0.717, 1.165) is 5.69 Å². The van der Waals surface area contributed by atoms with Crippen molar-refractivity contribution < 1.29 is 9.90 Å². The van der Waals surface area contributed by atoms with Gasteiger partial charge in [-0.05, 0) is 31.2 Å². The summed E-state index contributed by atoms with van der Waals surface area (Å²) in [6.45, 7) is 5.71. The SMILES string of the molecule is C=C(O)CC(=O)N(CC)c1ccc(Cl)cc1. The Morgan fingerprint density at radius 1 is 1.44 bits per heavy atom. The van der Waals surface area contributed by atoms with Crippen LogP contribution in [0.5, 0.6) is 0 Å². The molecular weight excluding hydrogens is 226 g/mol. The predicted octanol–water partition coefficient (Wildman–Crippen LogP) is 3.15. The van der Waals surface area contributed by atoms with E-state index in [-0.39, 0.29) is 18.1 Å². The normalized spacial score (nSPS) is 9.88. The van der Waals surface area contributed by atoms with Gasteiger partial charge in [-0.3, -0.25) is 4.79 Å². The van der Waals surface area contributed by atoms with Crippen LogP contribution >= 0.6 is 11.6 Å². The van der Waals surface area contributed by atoms with Crippen molar-refractivity contribution in [1.29, 1.82) is 0 Å². The lowest BCUT2D eigenvalue weighted by Gasteiger charge is -2.20.